The molecule has 6 nitrogen and oxygen atoms in total. The number of carbonyl (C=O) groups is 1. The zero-order valence-electron chi connectivity index (χ0n) is 20.2. The Balaban J connectivity index is 1.37. The Morgan fingerprint density at radius 3 is 2.61 bits per heavy atom. The molecule has 186 valence electrons. The van der Waals surface area contributed by atoms with E-state index in [1.165, 1.54) is 27.8 Å². The van der Waals surface area contributed by atoms with Crippen LogP contribution in [0.15, 0.2) is 84.6 Å². The maximum Gasteiger partial charge on any atom is 0.286 e. The lowest BCUT2D eigenvalue weighted by atomic mass is 9.87. The molecule has 0 radical (unpaired) electrons. The van der Waals surface area contributed by atoms with Crippen molar-refractivity contribution in [1.29, 1.82) is 0 Å². The second-order valence-corrected chi connectivity index (χ2v) is 9.00. The summed E-state index contributed by atoms with van der Waals surface area (Å²) in [6.45, 7) is 1.32. The van der Waals surface area contributed by atoms with Gasteiger partial charge in [0, 0.05) is 18.9 Å². The molecule has 2 aliphatic rings. The lowest BCUT2D eigenvalue weighted by Crippen LogP contribution is -2.33. The summed E-state index contributed by atoms with van der Waals surface area (Å²) in [6.07, 6.45) is 2.83. The highest BCUT2D eigenvalue weighted by Crippen LogP contribution is 2.42. The number of nitrogens with one attached hydrogen (secondary N) is 1. The smallest absolute Gasteiger partial charge is 0.286 e. The van der Waals surface area contributed by atoms with Crippen molar-refractivity contribution in [2.24, 2.45) is 0 Å². The van der Waals surface area contributed by atoms with Crippen LogP contribution in [0.2, 0.25) is 0 Å². The molecule has 3 aromatic carbocycles. The Kier molecular flexibility index (Phi) is 7.76. The van der Waals surface area contributed by atoms with Crippen LogP contribution in [0.4, 0.5) is 0 Å². The molecule has 0 saturated carbocycles. The maximum absolute atomic E-state index is 13.1. The number of carbonyl (C=O) groups excluding carboxylic acids is 1. The minimum atomic E-state index is -0.574. The molecular weight excluding hydrogens is 454 g/mol. The summed E-state index contributed by atoms with van der Waals surface area (Å²) < 4.78 is 17.3. The number of allylic oxidation sites excluding steroid dienone is 1. The number of fused-ring (bicyclic) bond motifs is 3. The molecular formula is C30H31NO5. The van der Waals surface area contributed by atoms with Gasteiger partial charge in [0.05, 0.1) is 26.4 Å². The molecule has 0 saturated heterocycles. The number of ether oxygens (including phenoxy) is 3. The second kappa shape index (κ2) is 11.5. The Bertz CT molecular complexity index is 1220. The van der Waals surface area contributed by atoms with Crippen LogP contribution in [0.3, 0.4) is 0 Å². The first-order valence-electron chi connectivity index (χ1n) is 12.4. The van der Waals surface area contributed by atoms with Gasteiger partial charge >= 0.3 is 0 Å². The molecule has 0 fully saturated rings. The highest BCUT2D eigenvalue weighted by atomic mass is 16.7. The minimum Gasteiger partial charge on any atom is -0.459 e. The monoisotopic (exact) mass is 485 g/mol. The van der Waals surface area contributed by atoms with Crippen LogP contribution in [0, 0.1) is 0 Å². The SMILES string of the molecule is O=C(NCc1ccccc1)C1=CC(c2cccc3c2Cc2ccccc2-3)CC(OCCOCCO)O1. The first-order valence-corrected chi connectivity index (χ1v) is 12.4. The number of aliphatic hydroxyl groups excluding tert-OH is 1. The molecule has 0 bridgehead atoms. The number of benzene rings is 3. The van der Waals surface area contributed by atoms with Crippen molar-refractivity contribution in [2.75, 3.05) is 26.4 Å². The van der Waals surface area contributed by atoms with E-state index in [0.29, 0.717) is 26.2 Å². The first-order chi connectivity index (χ1) is 17.7. The van der Waals surface area contributed by atoms with Gasteiger partial charge in [-0.2, -0.15) is 0 Å². The normalized spacial score (nSPS) is 18.1. The van der Waals surface area contributed by atoms with Crippen LogP contribution >= 0.6 is 0 Å². The van der Waals surface area contributed by atoms with Crippen molar-refractivity contribution in [1.82, 2.24) is 5.32 Å². The lowest BCUT2D eigenvalue weighted by molar-refractivity contribution is -0.151. The Hall–Kier alpha value is -3.45. The van der Waals surface area contributed by atoms with Crippen molar-refractivity contribution in [3.05, 3.63) is 107 Å². The topological polar surface area (TPSA) is 77.0 Å². The average Bonchev–Trinajstić information content (AvgIpc) is 3.31. The third-order valence-corrected chi connectivity index (χ3v) is 6.63. The van der Waals surface area contributed by atoms with Crippen molar-refractivity contribution < 1.29 is 24.1 Å². The zero-order valence-corrected chi connectivity index (χ0v) is 20.2. The van der Waals surface area contributed by atoms with Crippen LogP contribution in [0.5, 0.6) is 0 Å². The Morgan fingerprint density at radius 2 is 1.75 bits per heavy atom. The van der Waals surface area contributed by atoms with Gasteiger partial charge in [0.15, 0.2) is 5.76 Å². The predicted molar refractivity (Wildman–Crippen MR) is 137 cm³/mol. The molecule has 2 atom stereocenters. The number of amides is 1. The van der Waals surface area contributed by atoms with Gasteiger partial charge in [0.2, 0.25) is 6.29 Å². The average molecular weight is 486 g/mol. The van der Waals surface area contributed by atoms with Gasteiger partial charge in [-0.05, 0) is 45.9 Å². The van der Waals surface area contributed by atoms with E-state index in [0.717, 1.165) is 12.0 Å². The van der Waals surface area contributed by atoms with Crippen LogP contribution in [0.1, 0.15) is 34.6 Å². The highest BCUT2D eigenvalue weighted by Gasteiger charge is 2.31. The van der Waals surface area contributed by atoms with E-state index in [2.05, 4.69) is 47.8 Å². The number of aliphatic hydroxyl groups is 1. The van der Waals surface area contributed by atoms with E-state index in [-0.39, 0.29) is 30.8 Å². The second-order valence-electron chi connectivity index (χ2n) is 9.00. The van der Waals surface area contributed by atoms with Crippen molar-refractivity contribution in [3.8, 4) is 11.1 Å². The first kappa shape index (κ1) is 24.3. The van der Waals surface area contributed by atoms with Crippen molar-refractivity contribution >= 4 is 5.91 Å². The maximum atomic E-state index is 13.1. The van der Waals surface area contributed by atoms with Gasteiger partial charge < -0.3 is 24.6 Å². The fraction of sp³-hybridized carbons (Fsp3) is 0.300. The fourth-order valence-corrected chi connectivity index (χ4v) is 4.93. The van der Waals surface area contributed by atoms with Gasteiger partial charge in [-0.15, -0.1) is 0 Å². The fourth-order valence-electron chi connectivity index (χ4n) is 4.93. The quantitative estimate of drug-likeness (QED) is 0.327. The molecule has 36 heavy (non-hydrogen) atoms. The van der Waals surface area contributed by atoms with E-state index in [1.807, 2.05) is 36.4 Å². The summed E-state index contributed by atoms with van der Waals surface area (Å²) in [5.74, 6) is -0.00929. The molecule has 2 N–H and O–H groups in total. The van der Waals surface area contributed by atoms with Crippen LogP contribution < -0.4 is 5.32 Å². The minimum absolute atomic E-state index is 0.0242. The Morgan fingerprint density at radius 1 is 0.944 bits per heavy atom. The van der Waals surface area contributed by atoms with E-state index in [4.69, 9.17) is 19.3 Å². The van der Waals surface area contributed by atoms with E-state index < -0.39 is 6.29 Å². The molecule has 0 spiro atoms. The molecule has 3 aromatic rings. The molecule has 1 amide bonds. The summed E-state index contributed by atoms with van der Waals surface area (Å²) in [5.41, 5.74) is 7.38. The summed E-state index contributed by atoms with van der Waals surface area (Å²) >= 11 is 0. The van der Waals surface area contributed by atoms with Gasteiger partial charge in [-0.3, -0.25) is 4.79 Å². The van der Waals surface area contributed by atoms with E-state index >= 15 is 0 Å². The van der Waals surface area contributed by atoms with Gasteiger partial charge in [0.1, 0.15) is 0 Å². The molecule has 1 aliphatic heterocycles. The van der Waals surface area contributed by atoms with Crippen LogP contribution in [-0.2, 0) is 32.0 Å². The molecule has 0 aromatic heterocycles. The number of hydrogen-bond donors (Lipinski definition) is 2. The number of hydrogen-bond acceptors (Lipinski definition) is 5. The van der Waals surface area contributed by atoms with Gasteiger partial charge in [0.25, 0.3) is 5.91 Å². The van der Waals surface area contributed by atoms with Crippen LogP contribution in [0.25, 0.3) is 11.1 Å². The molecule has 1 aliphatic carbocycles. The van der Waals surface area contributed by atoms with Crippen LogP contribution in [-0.4, -0.2) is 43.7 Å². The highest BCUT2D eigenvalue weighted by molar-refractivity contribution is 5.91. The summed E-state index contributed by atoms with van der Waals surface area (Å²) in [5, 5.41) is 11.9. The largest absolute Gasteiger partial charge is 0.459 e. The van der Waals surface area contributed by atoms with Crippen molar-refractivity contribution in [3.63, 3.8) is 0 Å². The molecule has 1 heterocycles. The molecule has 6 heteroatoms. The van der Waals surface area contributed by atoms with Gasteiger partial charge in [-0.1, -0.05) is 72.8 Å². The van der Waals surface area contributed by atoms with E-state index in [9.17, 15) is 4.79 Å². The molecule has 2 unspecified atom stereocenters. The third-order valence-electron chi connectivity index (χ3n) is 6.63. The summed E-state index contributed by atoms with van der Waals surface area (Å²) in [7, 11) is 0. The standard InChI is InChI=1S/C30H31NO5/c32-13-14-34-15-16-35-29-19-23(18-28(36-29)30(33)31-20-21-7-2-1-3-8-21)25-11-6-12-26-24-10-5-4-9-22(24)17-27(25)26/h1-12,18,23,29,32H,13-17,19-20H2,(H,31,33). The van der Waals surface area contributed by atoms with E-state index in [1.54, 1.807) is 0 Å². The summed E-state index contributed by atoms with van der Waals surface area (Å²) in [6, 6.07) is 24.7. The predicted octanol–water partition coefficient (Wildman–Crippen LogP) is 4.31. The zero-order chi connectivity index (χ0) is 24.7. The Labute approximate surface area is 211 Å². The third kappa shape index (κ3) is 5.51. The van der Waals surface area contributed by atoms with Crippen molar-refractivity contribution in [2.45, 2.75) is 31.6 Å². The lowest BCUT2D eigenvalue weighted by Gasteiger charge is -2.30. The molecule has 5 rings (SSSR count). The summed E-state index contributed by atoms with van der Waals surface area (Å²) in [4.78, 5) is 13.1. The van der Waals surface area contributed by atoms with Gasteiger partial charge in [-0.25, -0.2) is 0 Å². The number of rotatable bonds is 10.